The molecule has 0 aliphatic carbocycles. The molecular weight excluding hydrogens is 531 g/mol. The van der Waals surface area contributed by atoms with Crippen LogP contribution < -0.4 is 0 Å². The zero-order chi connectivity index (χ0) is 19.7. The summed E-state index contributed by atoms with van der Waals surface area (Å²) in [5.41, 5.74) is 2.05. The van der Waals surface area contributed by atoms with E-state index in [-0.39, 0.29) is 6.23 Å². The van der Waals surface area contributed by atoms with Crippen LogP contribution in [0.4, 0.5) is 0 Å². The maximum Gasteiger partial charge on any atom is 0.150 e. The first kappa shape index (κ1) is 20.2. The van der Waals surface area contributed by atoms with E-state index >= 15 is 0 Å². The lowest BCUT2D eigenvalue weighted by atomic mass is 10.2. The summed E-state index contributed by atoms with van der Waals surface area (Å²) in [5, 5.41) is 14.6. The fourth-order valence-corrected chi connectivity index (χ4v) is 4.38. The molecule has 0 radical (unpaired) electrons. The van der Waals surface area contributed by atoms with E-state index in [9.17, 15) is 0 Å². The molecule has 2 aromatic heterocycles. The standard InChI is InChI=1S/C12H12BrClN2O.C7H4BrClN2/c13-12-8-7-15-16(10(8)5-4-9(12)14)11-3-1-2-6-17-11;8-7-4-3-10-11-6(4)2-1-5(7)9/h4-5,7,11H,1-3,6H2;1-3H,(H,10,11). The number of aromatic amines is 1. The van der Waals surface area contributed by atoms with Gasteiger partial charge < -0.3 is 4.74 Å². The highest BCUT2D eigenvalue weighted by molar-refractivity contribution is 9.11. The molecule has 9 heteroatoms. The van der Waals surface area contributed by atoms with Gasteiger partial charge in [0.25, 0.3) is 0 Å². The van der Waals surface area contributed by atoms with E-state index in [0.29, 0.717) is 10.0 Å². The number of nitrogens with zero attached hydrogens (tertiary/aromatic N) is 3. The minimum atomic E-state index is 0.0642. The largest absolute Gasteiger partial charge is 0.356 e. The van der Waals surface area contributed by atoms with Crippen molar-refractivity contribution in [3.05, 3.63) is 55.6 Å². The van der Waals surface area contributed by atoms with Gasteiger partial charge in [0.05, 0.1) is 33.5 Å². The van der Waals surface area contributed by atoms with Crippen molar-refractivity contribution in [3.63, 3.8) is 0 Å². The molecule has 1 atom stereocenters. The number of fused-ring (bicyclic) bond motifs is 2. The van der Waals surface area contributed by atoms with Crippen molar-refractivity contribution in [2.75, 3.05) is 6.61 Å². The van der Waals surface area contributed by atoms with Crippen LogP contribution in [0.5, 0.6) is 0 Å². The molecule has 1 unspecified atom stereocenters. The molecule has 0 bridgehead atoms. The van der Waals surface area contributed by atoms with E-state index < -0.39 is 0 Å². The second kappa shape index (κ2) is 8.71. The Labute approximate surface area is 188 Å². The minimum absolute atomic E-state index is 0.0642. The first-order chi connectivity index (χ1) is 13.6. The van der Waals surface area contributed by atoms with Gasteiger partial charge in [0.2, 0.25) is 0 Å². The summed E-state index contributed by atoms with van der Waals surface area (Å²) in [7, 11) is 0. The van der Waals surface area contributed by atoms with Crippen molar-refractivity contribution in [2.45, 2.75) is 25.5 Å². The summed E-state index contributed by atoms with van der Waals surface area (Å²) in [6.07, 6.45) is 7.01. The van der Waals surface area contributed by atoms with Gasteiger partial charge in [-0.05, 0) is 75.4 Å². The topological polar surface area (TPSA) is 55.7 Å². The Morgan fingerprint density at radius 3 is 2.50 bits per heavy atom. The monoisotopic (exact) mass is 544 g/mol. The lowest BCUT2D eigenvalue weighted by Crippen LogP contribution is -2.18. The van der Waals surface area contributed by atoms with E-state index in [2.05, 4.69) is 47.2 Å². The highest BCUT2D eigenvalue weighted by Gasteiger charge is 2.19. The van der Waals surface area contributed by atoms with Crippen LogP contribution in [0.1, 0.15) is 25.5 Å². The predicted molar refractivity (Wildman–Crippen MR) is 120 cm³/mol. The highest BCUT2D eigenvalue weighted by Crippen LogP contribution is 2.33. The van der Waals surface area contributed by atoms with Gasteiger partial charge in [-0.15, -0.1) is 0 Å². The molecule has 1 N–H and O–H groups in total. The molecule has 146 valence electrons. The van der Waals surface area contributed by atoms with Gasteiger partial charge in [-0.2, -0.15) is 10.2 Å². The Hall–Kier alpha value is -1.12. The van der Waals surface area contributed by atoms with Crippen LogP contribution in [0.2, 0.25) is 10.0 Å². The Balaban J connectivity index is 0.000000151. The summed E-state index contributed by atoms with van der Waals surface area (Å²) in [4.78, 5) is 0. The number of H-pyrrole nitrogens is 1. The van der Waals surface area contributed by atoms with E-state index in [1.807, 2.05) is 35.1 Å². The Morgan fingerprint density at radius 1 is 1.00 bits per heavy atom. The van der Waals surface area contributed by atoms with Crippen molar-refractivity contribution < 1.29 is 4.74 Å². The minimum Gasteiger partial charge on any atom is -0.356 e. The first-order valence-corrected chi connectivity index (χ1v) is 11.1. The third kappa shape index (κ3) is 3.96. The van der Waals surface area contributed by atoms with Crippen LogP contribution in [-0.2, 0) is 4.74 Å². The lowest BCUT2D eigenvalue weighted by molar-refractivity contribution is -0.0366. The van der Waals surface area contributed by atoms with Crippen LogP contribution in [0.25, 0.3) is 21.8 Å². The van der Waals surface area contributed by atoms with Gasteiger partial charge in [0, 0.05) is 26.3 Å². The molecule has 28 heavy (non-hydrogen) atoms. The summed E-state index contributed by atoms with van der Waals surface area (Å²) in [5.74, 6) is 0. The number of nitrogens with one attached hydrogen (secondary N) is 1. The van der Waals surface area contributed by atoms with E-state index in [4.69, 9.17) is 27.9 Å². The van der Waals surface area contributed by atoms with E-state index in [0.717, 1.165) is 50.2 Å². The molecular formula is C19H16Br2Cl2N4O. The van der Waals surface area contributed by atoms with Crippen molar-refractivity contribution >= 4 is 76.9 Å². The SMILES string of the molecule is Clc1ccc2[nH]ncc2c1Br.Clc1ccc2c(cnn2C2CCCCO2)c1Br. The molecule has 0 spiro atoms. The number of hydrogen-bond acceptors (Lipinski definition) is 3. The number of halogens is 4. The van der Waals surface area contributed by atoms with Crippen molar-refractivity contribution in [1.82, 2.24) is 20.0 Å². The highest BCUT2D eigenvalue weighted by atomic mass is 79.9. The third-order valence-corrected chi connectivity index (χ3v) is 7.40. The van der Waals surface area contributed by atoms with Gasteiger partial charge in [0.15, 0.2) is 6.23 Å². The summed E-state index contributed by atoms with van der Waals surface area (Å²) in [6.45, 7) is 0.820. The maximum absolute atomic E-state index is 6.07. The number of rotatable bonds is 1. The Morgan fingerprint density at radius 2 is 1.75 bits per heavy atom. The Kier molecular flexibility index (Phi) is 6.27. The molecule has 1 aliphatic rings. The number of benzene rings is 2. The summed E-state index contributed by atoms with van der Waals surface area (Å²) >= 11 is 18.8. The number of ether oxygens (including phenoxy) is 1. The lowest BCUT2D eigenvalue weighted by Gasteiger charge is -2.23. The maximum atomic E-state index is 6.07. The quantitative estimate of drug-likeness (QED) is 0.276. The fraction of sp³-hybridized carbons (Fsp3) is 0.263. The molecule has 1 fully saturated rings. The predicted octanol–water partition coefficient (Wildman–Crippen LogP) is 7.13. The average Bonchev–Trinajstić information content (AvgIpc) is 3.36. The molecule has 3 heterocycles. The second-order valence-corrected chi connectivity index (χ2v) is 8.80. The van der Waals surface area contributed by atoms with Crippen LogP contribution >= 0.6 is 55.1 Å². The third-order valence-electron chi connectivity index (χ3n) is 4.61. The van der Waals surface area contributed by atoms with Crippen molar-refractivity contribution in [3.8, 4) is 0 Å². The smallest absolute Gasteiger partial charge is 0.150 e. The molecule has 0 saturated carbocycles. The van der Waals surface area contributed by atoms with Crippen molar-refractivity contribution in [2.24, 2.45) is 0 Å². The van der Waals surface area contributed by atoms with Crippen LogP contribution in [0.3, 0.4) is 0 Å². The molecule has 1 saturated heterocycles. The summed E-state index contributed by atoms with van der Waals surface area (Å²) < 4.78 is 9.50. The Bertz CT molecular complexity index is 1120. The first-order valence-electron chi connectivity index (χ1n) is 8.76. The van der Waals surface area contributed by atoms with Crippen LogP contribution in [-0.4, -0.2) is 26.6 Å². The normalized spacial score (nSPS) is 16.9. The van der Waals surface area contributed by atoms with Gasteiger partial charge in [0.1, 0.15) is 0 Å². The molecule has 2 aromatic carbocycles. The van der Waals surface area contributed by atoms with Gasteiger partial charge in [-0.25, -0.2) is 4.68 Å². The molecule has 1 aliphatic heterocycles. The molecule has 5 nitrogen and oxygen atoms in total. The zero-order valence-corrected chi connectivity index (χ0v) is 19.3. The summed E-state index contributed by atoms with van der Waals surface area (Å²) in [6, 6.07) is 7.60. The van der Waals surface area contributed by atoms with Gasteiger partial charge in [-0.3, -0.25) is 5.10 Å². The number of aromatic nitrogens is 4. The average molecular weight is 547 g/mol. The van der Waals surface area contributed by atoms with Gasteiger partial charge in [-0.1, -0.05) is 23.2 Å². The number of hydrogen-bond donors (Lipinski definition) is 1. The van der Waals surface area contributed by atoms with Gasteiger partial charge >= 0.3 is 0 Å². The fourth-order valence-electron chi connectivity index (χ4n) is 3.16. The molecule has 4 aromatic rings. The van der Waals surface area contributed by atoms with Crippen molar-refractivity contribution in [1.29, 1.82) is 0 Å². The second-order valence-electron chi connectivity index (χ2n) is 6.40. The van der Waals surface area contributed by atoms with E-state index in [1.54, 1.807) is 6.20 Å². The van der Waals surface area contributed by atoms with Crippen LogP contribution in [0, 0.1) is 0 Å². The molecule has 0 amide bonds. The zero-order valence-electron chi connectivity index (χ0n) is 14.6. The van der Waals surface area contributed by atoms with E-state index in [1.165, 1.54) is 6.42 Å². The molecule has 5 rings (SSSR count). The van der Waals surface area contributed by atoms with Crippen LogP contribution in [0.15, 0.2) is 45.6 Å².